The Morgan fingerprint density at radius 2 is 1.29 bits per heavy atom. The number of hydrogen-bond acceptors (Lipinski definition) is 22. The zero-order valence-corrected chi connectivity index (χ0v) is 46.9. The van der Waals surface area contributed by atoms with Crippen LogP contribution >= 0.6 is 7.75 Å². The number of para-hydroxylation sites is 1. The molecule has 3 aliphatic rings. The molecule has 0 aliphatic carbocycles. The number of nitrogen functional groups attached to an aromatic ring is 1. The molecule has 13 atom stereocenters. The first kappa shape index (κ1) is 57.7. The van der Waals surface area contributed by atoms with Crippen LogP contribution in [-0.4, -0.2) is 142 Å². The highest BCUT2D eigenvalue weighted by molar-refractivity contribution is 7.52. The smallest absolute Gasteiger partial charge is 0.459 e. The molecule has 4 aromatic heterocycles. The highest BCUT2D eigenvalue weighted by Gasteiger charge is 2.64. The van der Waals surface area contributed by atoms with Crippen LogP contribution in [0.4, 0.5) is 11.6 Å². The third kappa shape index (κ3) is 10.8. The van der Waals surface area contributed by atoms with Crippen molar-refractivity contribution < 1.29 is 66.9 Å². The van der Waals surface area contributed by atoms with Crippen LogP contribution in [0.5, 0.6) is 11.5 Å². The Balaban J connectivity index is 0.000000188. The van der Waals surface area contributed by atoms with Crippen LogP contribution in [0.1, 0.15) is 63.8 Å². The maximum atomic E-state index is 13.8. The summed E-state index contributed by atoms with van der Waals surface area (Å²) in [5.41, 5.74) is 6.78. The number of aromatic nitrogens is 8. The second kappa shape index (κ2) is 23.4. The highest BCUT2D eigenvalue weighted by Crippen LogP contribution is 2.52. The number of nitrogens with two attached hydrogens (primary N) is 1. The number of aliphatic hydroxyl groups is 3. The normalized spacial score (nSPS) is 26.0. The minimum atomic E-state index is -4.25. The van der Waals surface area contributed by atoms with E-state index >= 15 is 0 Å². The van der Waals surface area contributed by atoms with Crippen LogP contribution < -0.4 is 25.4 Å². The maximum absolute atomic E-state index is 13.8. The number of carbonyl (C=O) groups excluding carboxylic acids is 1. The van der Waals surface area contributed by atoms with Gasteiger partial charge in [0.25, 0.3) is 6.48 Å². The van der Waals surface area contributed by atoms with Gasteiger partial charge in [0.15, 0.2) is 40.9 Å². The van der Waals surface area contributed by atoms with Crippen molar-refractivity contribution in [2.45, 2.75) is 113 Å². The second-order valence-electron chi connectivity index (χ2n) is 20.3. The van der Waals surface area contributed by atoms with Crippen molar-refractivity contribution in [3.8, 4) is 11.5 Å². The van der Waals surface area contributed by atoms with Crippen molar-refractivity contribution in [2.75, 3.05) is 32.4 Å². The lowest BCUT2D eigenvalue weighted by molar-refractivity contribution is -0.271. The van der Waals surface area contributed by atoms with E-state index < -0.39 is 92.1 Å². The fourth-order valence-electron chi connectivity index (χ4n) is 10.6. The quantitative estimate of drug-likeness (QED) is 0.0337. The van der Waals surface area contributed by atoms with Crippen molar-refractivity contribution in [1.29, 1.82) is 0 Å². The van der Waals surface area contributed by atoms with E-state index in [2.05, 4.69) is 66.7 Å². The van der Waals surface area contributed by atoms with Gasteiger partial charge in [-0.1, -0.05) is 91.0 Å². The molecule has 0 amide bonds. The van der Waals surface area contributed by atoms with Crippen LogP contribution in [0.15, 0.2) is 141 Å². The van der Waals surface area contributed by atoms with Crippen molar-refractivity contribution in [3.05, 3.63) is 157 Å². The number of nitrogens with one attached hydrogen (secondary N) is 2. The number of anilines is 2. The van der Waals surface area contributed by atoms with Gasteiger partial charge in [-0.25, -0.2) is 34.5 Å². The summed E-state index contributed by atoms with van der Waals surface area (Å²) in [7, 11) is 0.107. The predicted octanol–water partition coefficient (Wildman–Crippen LogP) is 5.78. The zero-order valence-electron chi connectivity index (χ0n) is 46.0. The number of benzene rings is 4. The topological polar surface area (TPSA) is 315 Å². The van der Waals surface area contributed by atoms with E-state index in [0.29, 0.717) is 22.5 Å². The lowest BCUT2D eigenvalue weighted by Gasteiger charge is -2.37. The van der Waals surface area contributed by atoms with Gasteiger partial charge in [-0.2, -0.15) is 5.09 Å². The Labute approximate surface area is 471 Å². The van der Waals surface area contributed by atoms with E-state index in [1.807, 2.05) is 55.5 Å². The summed E-state index contributed by atoms with van der Waals surface area (Å²) >= 11 is 0. The average molecular weight is 1150 g/mol. The molecule has 6 unspecified atom stereocenters. The molecule has 11 rings (SSSR count). The molecular formula is C56H64N11O14P. The largest absolute Gasteiger partial charge is 0.497 e. The molecule has 0 radical (unpaired) electrons. The number of rotatable bonds is 18. The summed E-state index contributed by atoms with van der Waals surface area (Å²) in [4.78, 5) is 38.4. The highest BCUT2D eigenvalue weighted by atomic mass is 31.2. The van der Waals surface area contributed by atoms with Crippen molar-refractivity contribution in [2.24, 2.45) is 0 Å². The molecule has 432 valence electrons. The molecule has 7 N–H and O–H groups in total. The number of carbonyl (C=O) groups is 1. The zero-order chi connectivity index (χ0) is 58.1. The fourth-order valence-corrected chi connectivity index (χ4v) is 12.3. The monoisotopic (exact) mass is 1150 g/mol. The molecule has 4 aromatic carbocycles. The lowest BCUT2D eigenvalue weighted by atomic mass is 9.77. The molecule has 8 aromatic rings. The first-order valence-electron chi connectivity index (χ1n) is 26.1. The summed E-state index contributed by atoms with van der Waals surface area (Å²) in [6, 6.07) is 35.6. The molecule has 7 heterocycles. The van der Waals surface area contributed by atoms with E-state index in [1.54, 1.807) is 55.3 Å². The molecule has 0 bridgehead atoms. The van der Waals surface area contributed by atoms with Crippen LogP contribution in [0, 0.1) is 0 Å². The van der Waals surface area contributed by atoms with Gasteiger partial charge in [0, 0.05) is 7.11 Å². The van der Waals surface area contributed by atoms with Gasteiger partial charge < -0.3 is 64.1 Å². The average Bonchev–Trinajstić information content (AvgIpc) is 2.47. The second-order valence-corrected chi connectivity index (χ2v) is 21.9. The third-order valence-electron chi connectivity index (χ3n) is 14.7. The Morgan fingerprint density at radius 1 is 0.732 bits per heavy atom. The number of fused-ring (bicyclic) bond motifs is 3. The van der Waals surface area contributed by atoms with E-state index in [1.165, 1.54) is 58.5 Å². The number of hydrogen-bond donors (Lipinski definition) is 6. The molecule has 26 heteroatoms. The fraction of sp³-hybridized carbons (Fsp3) is 0.375. The number of aliphatic hydroxyl groups excluding tert-OH is 2. The Morgan fingerprint density at radius 3 is 1.89 bits per heavy atom. The van der Waals surface area contributed by atoms with Crippen molar-refractivity contribution >= 4 is 47.7 Å². The standard InChI is InChI=1S/C34H35N5O6.C22H29N6O8P/c1-21(40)27-28-33(2,45-32(42-4)44-28)31(43-27)39-20-37-26-29(35-19-36-30(26)39)38-34(22-11-7-5-8-12-22,23-13-9-6-10-14-23)24-15-17-25(41-3)18-16-24;1-12(20(30)33-4)27-37(32,36-14-8-6-5-7-9-14)35-13(2)16-17(29)22(3,31)21(34-16)28-11-26-15-18(23)24-10-25-19(15)28/h5-21,27-28,31-32,40H,1-4H3,(H,35,36,38);5-13,16-17,21,29,31H,1-4H3,(H,27,32)(H2,23,24,25)/t21?,27?,28-,31-,32?,33-;12-,13?,16?,17+,21+,22+,37?/m10/s1. The van der Waals surface area contributed by atoms with Crippen LogP contribution in [0.2, 0.25) is 0 Å². The number of ether oxygens (including phenoxy) is 7. The number of nitrogens with zero attached hydrogens (tertiary/aromatic N) is 8. The lowest BCUT2D eigenvalue weighted by Crippen LogP contribution is -2.46. The molecule has 3 aliphatic heterocycles. The number of methoxy groups -OCH3 is 3. The molecule has 82 heavy (non-hydrogen) atoms. The molecule has 3 fully saturated rings. The Kier molecular flexibility index (Phi) is 16.5. The molecule has 3 saturated heterocycles. The van der Waals surface area contributed by atoms with E-state index in [-0.39, 0.29) is 17.2 Å². The molecule has 0 spiro atoms. The molecule has 0 saturated carbocycles. The number of esters is 1. The van der Waals surface area contributed by atoms with Crippen LogP contribution in [0.3, 0.4) is 0 Å². The Hall–Kier alpha value is -7.52. The predicted molar refractivity (Wildman–Crippen MR) is 296 cm³/mol. The van der Waals surface area contributed by atoms with E-state index in [4.69, 9.17) is 57.9 Å². The molecular weight excluding hydrogens is 1080 g/mol. The van der Waals surface area contributed by atoms with Crippen molar-refractivity contribution in [3.63, 3.8) is 0 Å². The van der Waals surface area contributed by atoms with Gasteiger partial charge in [0.2, 0.25) is 0 Å². The minimum absolute atomic E-state index is 0.139. The third-order valence-corrected chi connectivity index (χ3v) is 16.5. The first-order chi connectivity index (χ1) is 39.3. The summed E-state index contributed by atoms with van der Waals surface area (Å²) < 4.78 is 68.5. The summed E-state index contributed by atoms with van der Waals surface area (Å²) in [6.45, 7) is 6.96. The SMILES string of the molecule is COC(=O)[C@H](C)NP(=O)(Oc1ccccc1)OC(C)C1O[C@@H](n2cnc3c(N)ncnc32)[C@](C)(O)[C@@H]1O.COc1ccc(C(Nc2ncnc3c2ncn3[C@@H]2OC(C(C)O)[C@H]3OC(OC)O[C@]32C)(c2ccccc2)c2ccccc2)cc1. The summed E-state index contributed by atoms with van der Waals surface area (Å²) in [6.07, 6.45) is -1.95. The molecule has 25 nitrogen and oxygen atoms in total. The van der Waals surface area contributed by atoms with Gasteiger partial charge >= 0.3 is 13.7 Å². The van der Waals surface area contributed by atoms with Gasteiger partial charge in [-0.05, 0) is 75.6 Å². The summed E-state index contributed by atoms with van der Waals surface area (Å²) in [5.74, 6) is 0.932. The van der Waals surface area contributed by atoms with Gasteiger partial charge in [-0.3, -0.25) is 18.5 Å². The van der Waals surface area contributed by atoms with Gasteiger partial charge in [0.05, 0.1) is 39.1 Å². The van der Waals surface area contributed by atoms with Crippen molar-refractivity contribution in [1.82, 2.24) is 44.1 Å². The minimum Gasteiger partial charge on any atom is -0.497 e. The van der Waals surface area contributed by atoms with E-state index in [9.17, 15) is 24.7 Å². The number of imidazole rings is 2. The first-order valence-corrected chi connectivity index (χ1v) is 27.7. The van der Waals surface area contributed by atoms with Crippen LogP contribution in [0.25, 0.3) is 22.3 Å². The van der Waals surface area contributed by atoms with Gasteiger partial charge in [-0.15, -0.1) is 0 Å². The van der Waals surface area contributed by atoms with Crippen LogP contribution in [-0.2, 0) is 47.8 Å². The maximum Gasteiger partial charge on any atom is 0.459 e. The Bertz CT molecular complexity index is 3490. The summed E-state index contributed by atoms with van der Waals surface area (Å²) in [5, 5.41) is 39.1. The van der Waals surface area contributed by atoms with E-state index in [0.717, 1.165) is 22.4 Å². The van der Waals surface area contributed by atoms with Gasteiger partial charge in [0.1, 0.15) is 76.9 Å².